The number of benzene rings is 1. The second kappa shape index (κ2) is 8.15. The van der Waals surface area contributed by atoms with Gasteiger partial charge in [-0.25, -0.2) is 4.98 Å². The molecule has 0 bridgehead atoms. The van der Waals surface area contributed by atoms with Gasteiger partial charge in [0.1, 0.15) is 28.1 Å². The van der Waals surface area contributed by atoms with Crippen molar-refractivity contribution in [3.05, 3.63) is 62.0 Å². The number of phenolic OH excluding ortho intramolecular Hbond substituents is 1. The minimum absolute atomic E-state index is 0.0768. The normalized spacial score (nSPS) is 14.8. The fraction of sp³-hybridized carbons (Fsp3) is 0.286. The van der Waals surface area contributed by atoms with Crippen molar-refractivity contribution in [1.82, 2.24) is 14.5 Å². The maximum absolute atomic E-state index is 12.7. The Morgan fingerprint density at radius 3 is 2.57 bits per heavy atom. The van der Waals surface area contributed by atoms with Crippen LogP contribution in [-0.4, -0.2) is 45.7 Å². The number of aromatic hydroxyl groups is 1. The minimum atomic E-state index is -0.346. The van der Waals surface area contributed by atoms with Gasteiger partial charge in [-0.15, -0.1) is 0 Å². The third-order valence-electron chi connectivity index (χ3n) is 5.33. The Morgan fingerprint density at radius 1 is 1.17 bits per heavy atom. The molecule has 154 valence electrons. The smallest absolute Gasteiger partial charge is 0.270 e. The van der Waals surface area contributed by atoms with E-state index in [1.165, 1.54) is 10.6 Å². The lowest BCUT2D eigenvalue weighted by Crippen LogP contribution is -2.47. The van der Waals surface area contributed by atoms with Crippen LogP contribution in [0.4, 0.5) is 5.69 Å². The molecule has 1 N–H and O–H groups in total. The highest BCUT2D eigenvalue weighted by molar-refractivity contribution is 6.30. The van der Waals surface area contributed by atoms with E-state index in [1.54, 1.807) is 25.2 Å². The van der Waals surface area contributed by atoms with Crippen molar-refractivity contribution in [2.45, 2.75) is 6.54 Å². The van der Waals surface area contributed by atoms with Crippen molar-refractivity contribution >= 4 is 39.9 Å². The molecule has 9 heteroatoms. The van der Waals surface area contributed by atoms with Gasteiger partial charge in [0.25, 0.3) is 5.56 Å². The molecule has 3 aromatic rings. The van der Waals surface area contributed by atoms with Crippen LogP contribution in [0.5, 0.6) is 5.75 Å². The Bertz CT molecular complexity index is 1210. The first-order valence-electron chi connectivity index (χ1n) is 9.42. The molecule has 0 unspecified atom stereocenters. The molecule has 0 atom stereocenters. The summed E-state index contributed by atoms with van der Waals surface area (Å²) in [5.74, 6) is 0.143. The molecule has 1 fully saturated rings. The van der Waals surface area contributed by atoms with E-state index in [0.29, 0.717) is 46.5 Å². The minimum Gasteiger partial charge on any atom is -0.508 e. The highest BCUT2D eigenvalue weighted by atomic mass is 35.5. The Balaban J connectivity index is 1.63. The van der Waals surface area contributed by atoms with E-state index in [4.69, 9.17) is 23.2 Å². The van der Waals surface area contributed by atoms with Crippen LogP contribution in [0.3, 0.4) is 0 Å². The molecule has 0 radical (unpaired) electrons. The number of piperazine rings is 1. The van der Waals surface area contributed by atoms with Gasteiger partial charge in [-0.3, -0.25) is 9.69 Å². The van der Waals surface area contributed by atoms with Crippen molar-refractivity contribution in [3.8, 4) is 11.8 Å². The van der Waals surface area contributed by atoms with Gasteiger partial charge in [0.05, 0.1) is 11.2 Å². The Labute approximate surface area is 183 Å². The molecule has 4 rings (SSSR count). The Hall–Kier alpha value is -2.79. The summed E-state index contributed by atoms with van der Waals surface area (Å²) in [6, 6.07) is 10.5. The molecule has 0 aliphatic carbocycles. The van der Waals surface area contributed by atoms with Gasteiger partial charge in [0, 0.05) is 44.8 Å². The summed E-state index contributed by atoms with van der Waals surface area (Å²) in [6.45, 7) is 3.33. The fourth-order valence-corrected chi connectivity index (χ4v) is 4.29. The first-order valence-corrected chi connectivity index (χ1v) is 10.2. The fourth-order valence-electron chi connectivity index (χ4n) is 3.89. The SMILES string of the molecule is Cn1c(=O)c(C#N)c(N2CCN(Cc3cc(O)cc(Cl)c3)CC2)c2nc(Cl)ccc21. The largest absolute Gasteiger partial charge is 0.508 e. The van der Waals surface area contributed by atoms with E-state index in [0.717, 1.165) is 18.7 Å². The van der Waals surface area contributed by atoms with E-state index in [2.05, 4.69) is 16.0 Å². The third kappa shape index (κ3) is 3.82. The quantitative estimate of drug-likeness (QED) is 0.625. The van der Waals surface area contributed by atoms with E-state index in [-0.39, 0.29) is 16.9 Å². The van der Waals surface area contributed by atoms with Gasteiger partial charge in [0.2, 0.25) is 0 Å². The molecule has 7 nitrogen and oxygen atoms in total. The van der Waals surface area contributed by atoms with Gasteiger partial charge < -0.3 is 14.6 Å². The average Bonchev–Trinajstić information content (AvgIpc) is 2.70. The molecule has 1 aliphatic rings. The van der Waals surface area contributed by atoms with Crippen LogP contribution < -0.4 is 10.5 Å². The Kier molecular flexibility index (Phi) is 5.56. The molecule has 0 saturated carbocycles. The standard InChI is InChI=1S/C21H19Cl2N5O2/c1-26-17-2-3-18(23)25-19(17)20(16(11-24)21(26)30)28-6-4-27(5-7-28)12-13-8-14(22)10-15(29)9-13/h2-3,8-10,29H,4-7,12H2,1H3. The van der Waals surface area contributed by atoms with Crippen LogP contribution in [0, 0.1) is 11.3 Å². The summed E-state index contributed by atoms with van der Waals surface area (Å²) in [5, 5.41) is 20.2. The number of hydrogen-bond acceptors (Lipinski definition) is 6. The molecule has 0 amide bonds. The zero-order chi connectivity index (χ0) is 21.4. The molecule has 2 aromatic heterocycles. The summed E-state index contributed by atoms with van der Waals surface area (Å²) in [6.07, 6.45) is 0. The number of halogens is 2. The number of anilines is 1. The first kappa shape index (κ1) is 20.5. The summed E-state index contributed by atoms with van der Waals surface area (Å²) >= 11 is 12.2. The second-order valence-corrected chi connectivity index (χ2v) is 8.11. The number of aryl methyl sites for hydroxylation is 1. The zero-order valence-electron chi connectivity index (χ0n) is 16.3. The van der Waals surface area contributed by atoms with Crippen molar-refractivity contribution in [1.29, 1.82) is 5.26 Å². The van der Waals surface area contributed by atoms with Crippen LogP contribution in [-0.2, 0) is 13.6 Å². The zero-order valence-corrected chi connectivity index (χ0v) is 17.8. The highest BCUT2D eigenvalue weighted by Gasteiger charge is 2.25. The molecule has 3 heterocycles. The molecular formula is C21H19Cl2N5O2. The maximum Gasteiger partial charge on any atom is 0.270 e. The van der Waals surface area contributed by atoms with Gasteiger partial charge in [-0.2, -0.15) is 5.26 Å². The number of hydrogen-bond donors (Lipinski definition) is 1. The van der Waals surface area contributed by atoms with Gasteiger partial charge in [-0.05, 0) is 35.9 Å². The van der Waals surface area contributed by atoms with E-state index in [9.17, 15) is 15.2 Å². The predicted molar refractivity (Wildman–Crippen MR) is 117 cm³/mol. The molecule has 1 aliphatic heterocycles. The van der Waals surface area contributed by atoms with Crippen LogP contribution >= 0.6 is 23.2 Å². The number of fused-ring (bicyclic) bond motifs is 1. The van der Waals surface area contributed by atoms with Crippen LogP contribution in [0.2, 0.25) is 10.2 Å². The molecular weight excluding hydrogens is 425 g/mol. The van der Waals surface area contributed by atoms with E-state index in [1.807, 2.05) is 11.0 Å². The summed E-state index contributed by atoms with van der Waals surface area (Å²) in [5.41, 5.74) is 2.38. The lowest BCUT2D eigenvalue weighted by atomic mass is 10.1. The third-order valence-corrected chi connectivity index (χ3v) is 5.76. The molecule has 1 saturated heterocycles. The van der Waals surface area contributed by atoms with Crippen LogP contribution in [0.15, 0.2) is 35.1 Å². The average molecular weight is 444 g/mol. The molecule has 0 spiro atoms. The lowest BCUT2D eigenvalue weighted by Gasteiger charge is -2.36. The number of aromatic nitrogens is 2. The monoisotopic (exact) mass is 443 g/mol. The van der Waals surface area contributed by atoms with Crippen molar-refractivity contribution in [3.63, 3.8) is 0 Å². The number of rotatable bonds is 3. The van der Waals surface area contributed by atoms with Gasteiger partial charge >= 0.3 is 0 Å². The predicted octanol–water partition coefficient (Wildman–Crippen LogP) is 3.14. The van der Waals surface area contributed by atoms with Crippen molar-refractivity contribution in [2.24, 2.45) is 7.05 Å². The van der Waals surface area contributed by atoms with E-state index >= 15 is 0 Å². The van der Waals surface area contributed by atoms with Crippen molar-refractivity contribution in [2.75, 3.05) is 31.1 Å². The number of nitrogens with zero attached hydrogens (tertiary/aromatic N) is 5. The maximum atomic E-state index is 12.7. The topological polar surface area (TPSA) is 85.4 Å². The number of phenols is 1. The number of pyridine rings is 2. The second-order valence-electron chi connectivity index (χ2n) is 7.28. The molecule has 1 aromatic carbocycles. The van der Waals surface area contributed by atoms with Crippen LogP contribution in [0.25, 0.3) is 11.0 Å². The molecule has 30 heavy (non-hydrogen) atoms. The summed E-state index contributed by atoms with van der Waals surface area (Å²) in [4.78, 5) is 21.4. The highest BCUT2D eigenvalue weighted by Crippen LogP contribution is 2.29. The van der Waals surface area contributed by atoms with E-state index < -0.39 is 0 Å². The Morgan fingerprint density at radius 2 is 1.90 bits per heavy atom. The lowest BCUT2D eigenvalue weighted by molar-refractivity contribution is 0.249. The van der Waals surface area contributed by atoms with Crippen LogP contribution in [0.1, 0.15) is 11.1 Å². The van der Waals surface area contributed by atoms with Gasteiger partial charge in [0.15, 0.2) is 0 Å². The van der Waals surface area contributed by atoms with Crippen molar-refractivity contribution < 1.29 is 5.11 Å². The number of nitriles is 1. The summed E-state index contributed by atoms with van der Waals surface area (Å²) < 4.78 is 1.43. The van der Waals surface area contributed by atoms with Gasteiger partial charge in [-0.1, -0.05) is 23.2 Å². The summed E-state index contributed by atoms with van der Waals surface area (Å²) in [7, 11) is 1.63. The first-order chi connectivity index (χ1) is 14.4.